The van der Waals surface area contributed by atoms with Crippen LogP contribution in [0.25, 0.3) is 0 Å². The molecule has 0 spiro atoms. The van der Waals surface area contributed by atoms with Crippen molar-refractivity contribution in [3.05, 3.63) is 35.9 Å². The highest BCUT2D eigenvalue weighted by Gasteiger charge is 2.17. The number of hydrogen-bond acceptors (Lipinski definition) is 4. The number of sulfonamides is 1. The standard InChI is InChI=1S/C17H28N4O3S/c1-18-17(20-13-15-7-3-2-4-8-15)19-10-12-25(22,23)21-14-16-9-5-6-11-24-16/h2-4,7-8,16,21H,5-6,9-14H2,1H3,(H2,18,19,20). The highest BCUT2D eigenvalue weighted by Crippen LogP contribution is 2.11. The monoisotopic (exact) mass is 368 g/mol. The lowest BCUT2D eigenvalue weighted by atomic mass is 10.1. The third kappa shape index (κ3) is 7.85. The van der Waals surface area contributed by atoms with Crippen LogP contribution in [0.3, 0.4) is 0 Å². The molecule has 1 aliphatic heterocycles. The maximum absolute atomic E-state index is 12.1. The number of ether oxygens (including phenoxy) is 1. The van der Waals surface area contributed by atoms with Crippen molar-refractivity contribution in [1.29, 1.82) is 0 Å². The van der Waals surface area contributed by atoms with E-state index in [2.05, 4.69) is 20.3 Å². The van der Waals surface area contributed by atoms with Gasteiger partial charge in [0.25, 0.3) is 0 Å². The molecule has 1 heterocycles. The molecular formula is C17H28N4O3S. The Kier molecular flexibility index (Phi) is 8.17. The predicted octanol–water partition coefficient (Wildman–Crippen LogP) is 0.840. The lowest BCUT2D eigenvalue weighted by Crippen LogP contribution is -2.42. The fourth-order valence-electron chi connectivity index (χ4n) is 2.57. The van der Waals surface area contributed by atoms with Crippen LogP contribution in [0.5, 0.6) is 0 Å². The summed E-state index contributed by atoms with van der Waals surface area (Å²) in [4.78, 5) is 4.10. The molecule has 0 amide bonds. The van der Waals surface area contributed by atoms with Crippen molar-refractivity contribution in [2.45, 2.75) is 31.9 Å². The second-order valence-electron chi connectivity index (χ2n) is 5.99. The maximum Gasteiger partial charge on any atom is 0.213 e. The molecule has 0 bridgehead atoms. The summed E-state index contributed by atoms with van der Waals surface area (Å²) in [6.45, 7) is 1.99. The van der Waals surface area contributed by atoms with Gasteiger partial charge < -0.3 is 15.4 Å². The zero-order valence-electron chi connectivity index (χ0n) is 14.7. The van der Waals surface area contributed by atoms with Gasteiger partial charge in [0.15, 0.2) is 5.96 Å². The van der Waals surface area contributed by atoms with E-state index < -0.39 is 10.0 Å². The van der Waals surface area contributed by atoms with Crippen LogP contribution in [0, 0.1) is 0 Å². The van der Waals surface area contributed by atoms with Gasteiger partial charge >= 0.3 is 0 Å². The van der Waals surface area contributed by atoms with Crippen LogP contribution in [-0.2, 0) is 21.3 Å². The van der Waals surface area contributed by atoms with Gasteiger partial charge in [0.2, 0.25) is 10.0 Å². The molecule has 0 aliphatic carbocycles. The maximum atomic E-state index is 12.1. The predicted molar refractivity (Wildman–Crippen MR) is 100 cm³/mol. The van der Waals surface area contributed by atoms with Crippen LogP contribution in [-0.4, -0.2) is 53.0 Å². The molecule has 1 atom stereocenters. The Labute approximate surface area is 150 Å². The molecular weight excluding hydrogens is 340 g/mol. The largest absolute Gasteiger partial charge is 0.377 e. The van der Waals surface area contributed by atoms with Crippen molar-refractivity contribution in [1.82, 2.24) is 15.4 Å². The summed E-state index contributed by atoms with van der Waals surface area (Å²) in [5.74, 6) is 0.570. The first-order valence-electron chi connectivity index (χ1n) is 8.66. The lowest BCUT2D eigenvalue weighted by Gasteiger charge is -2.22. The quantitative estimate of drug-likeness (QED) is 0.467. The van der Waals surface area contributed by atoms with Crippen LogP contribution >= 0.6 is 0 Å². The molecule has 0 radical (unpaired) electrons. The third-order valence-corrected chi connectivity index (χ3v) is 5.34. The fraction of sp³-hybridized carbons (Fsp3) is 0.588. The van der Waals surface area contributed by atoms with E-state index in [1.807, 2.05) is 30.3 Å². The summed E-state index contributed by atoms with van der Waals surface area (Å²) in [6.07, 6.45) is 3.06. The van der Waals surface area contributed by atoms with E-state index in [0.29, 0.717) is 19.0 Å². The zero-order chi connectivity index (χ0) is 18.0. The number of nitrogens with one attached hydrogen (secondary N) is 3. The van der Waals surface area contributed by atoms with E-state index in [0.717, 1.165) is 31.4 Å². The van der Waals surface area contributed by atoms with E-state index in [9.17, 15) is 8.42 Å². The fourth-order valence-corrected chi connectivity index (χ4v) is 3.52. The van der Waals surface area contributed by atoms with Crippen LogP contribution in [0.2, 0.25) is 0 Å². The molecule has 0 aromatic heterocycles. The van der Waals surface area contributed by atoms with Gasteiger partial charge in [0.1, 0.15) is 0 Å². The summed E-state index contributed by atoms with van der Waals surface area (Å²) < 4.78 is 32.3. The molecule has 8 heteroatoms. The van der Waals surface area contributed by atoms with Gasteiger partial charge in [0.05, 0.1) is 11.9 Å². The van der Waals surface area contributed by atoms with Crippen molar-refractivity contribution in [3.63, 3.8) is 0 Å². The van der Waals surface area contributed by atoms with E-state index in [4.69, 9.17) is 4.74 Å². The second kappa shape index (κ2) is 10.4. The summed E-state index contributed by atoms with van der Waals surface area (Å²) in [5.41, 5.74) is 1.13. The highest BCUT2D eigenvalue weighted by atomic mass is 32.2. The minimum atomic E-state index is -3.33. The molecule has 1 aromatic carbocycles. The zero-order valence-corrected chi connectivity index (χ0v) is 15.5. The van der Waals surface area contributed by atoms with Gasteiger partial charge in [-0.3, -0.25) is 4.99 Å². The molecule has 0 saturated carbocycles. The summed E-state index contributed by atoms with van der Waals surface area (Å²) >= 11 is 0. The summed E-state index contributed by atoms with van der Waals surface area (Å²) in [6, 6.07) is 9.94. The average molecular weight is 369 g/mol. The molecule has 1 saturated heterocycles. The number of guanidine groups is 1. The number of hydrogen-bond donors (Lipinski definition) is 3. The molecule has 2 rings (SSSR count). The van der Waals surface area contributed by atoms with Crippen LogP contribution in [0.1, 0.15) is 24.8 Å². The Morgan fingerprint density at radius 1 is 1.24 bits per heavy atom. The summed E-state index contributed by atoms with van der Waals surface area (Å²) in [5, 5.41) is 6.18. The van der Waals surface area contributed by atoms with Crippen molar-refractivity contribution < 1.29 is 13.2 Å². The van der Waals surface area contributed by atoms with Crippen LogP contribution in [0.4, 0.5) is 0 Å². The lowest BCUT2D eigenvalue weighted by molar-refractivity contribution is 0.0200. The average Bonchev–Trinajstić information content (AvgIpc) is 2.64. The van der Waals surface area contributed by atoms with Crippen molar-refractivity contribution in [3.8, 4) is 0 Å². The Bertz CT molecular complexity index is 629. The van der Waals surface area contributed by atoms with Gasteiger partial charge in [-0.25, -0.2) is 13.1 Å². The van der Waals surface area contributed by atoms with E-state index in [1.54, 1.807) is 7.05 Å². The number of benzene rings is 1. The van der Waals surface area contributed by atoms with Gasteiger partial charge in [0, 0.05) is 33.3 Å². The van der Waals surface area contributed by atoms with Gasteiger partial charge in [-0.05, 0) is 24.8 Å². The Morgan fingerprint density at radius 3 is 2.72 bits per heavy atom. The first kappa shape index (κ1) is 19.7. The Hall–Kier alpha value is -1.64. The number of nitrogens with zero attached hydrogens (tertiary/aromatic N) is 1. The third-order valence-electron chi connectivity index (χ3n) is 3.99. The molecule has 25 heavy (non-hydrogen) atoms. The van der Waals surface area contributed by atoms with Gasteiger partial charge in [-0.15, -0.1) is 0 Å². The minimum Gasteiger partial charge on any atom is -0.377 e. The molecule has 1 fully saturated rings. The molecule has 7 nitrogen and oxygen atoms in total. The van der Waals surface area contributed by atoms with Crippen LogP contribution < -0.4 is 15.4 Å². The van der Waals surface area contributed by atoms with Crippen molar-refractivity contribution in [2.75, 3.05) is 32.5 Å². The van der Waals surface area contributed by atoms with Crippen molar-refractivity contribution in [2.24, 2.45) is 4.99 Å². The number of rotatable bonds is 8. The Morgan fingerprint density at radius 2 is 2.04 bits per heavy atom. The van der Waals surface area contributed by atoms with E-state index >= 15 is 0 Å². The van der Waals surface area contributed by atoms with E-state index in [-0.39, 0.29) is 18.4 Å². The normalized spacial score (nSPS) is 18.8. The molecule has 3 N–H and O–H groups in total. The topological polar surface area (TPSA) is 91.8 Å². The first-order valence-corrected chi connectivity index (χ1v) is 10.3. The second-order valence-corrected chi connectivity index (χ2v) is 7.92. The molecule has 1 aliphatic rings. The van der Waals surface area contributed by atoms with Gasteiger partial charge in [-0.1, -0.05) is 30.3 Å². The molecule has 1 unspecified atom stereocenters. The smallest absolute Gasteiger partial charge is 0.213 e. The Balaban J connectivity index is 1.66. The number of aliphatic imine (C=N–C) groups is 1. The summed E-state index contributed by atoms with van der Waals surface area (Å²) in [7, 11) is -1.67. The minimum absolute atomic E-state index is 0.00297. The highest BCUT2D eigenvalue weighted by molar-refractivity contribution is 7.89. The molecule has 1 aromatic rings. The van der Waals surface area contributed by atoms with Crippen molar-refractivity contribution >= 4 is 16.0 Å². The van der Waals surface area contributed by atoms with E-state index in [1.165, 1.54) is 0 Å². The molecule has 140 valence electrons. The first-order chi connectivity index (χ1) is 12.1. The van der Waals surface area contributed by atoms with Crippen LogP contribution in [0.15, 0.2) is 35.3 Å². The SMILES string of the molecule is CN=C(NCCS(=O)(=O)NCC1CCCCO1)NCc1ccccc1. The van der Waals surface area contributed by atoms with Gasteiger partial charge in [-0.2, -0.15) is 0 Å².